The van der Waals surface area contributed by atoms with Crippen LogP contribution in [0.1, 0.15) is 19.3 Å². The topological polar surface area (TPSA) is 67.4 Å². The highest BCUT2D eigenvalue weighted by atomic mass is 32.2. The van der Waals surface area contributed by atoms with Crippen molar-refractivity contribution in [3.63, 3.8) is 0 Å². The van der Waals surface area contributed by atoms with Gasteiger partial charge in [-0.15, -0.1) is 0 Å². The van der Waals surface area contributed by atoms with Crippen LogP contribution in [0, 0.1) is 5.92 Å². The van der Waals surface area contributed by atoms with E-state index in [1.807, 2.05) is 7.05 Å². The maximum Gasteiger partial charge on any atom is 0.191 e. The fraction of sp³-hybridized carbons (Fsp3) is 0.947. The van der Waals surface area contributed by atoms with Crippen molar-refractivity contribution < 1.29 is 14.2 Å². The number of nitrogens with one attached hydrogen (secondary N) is 2. The van der Waals surface area contributed by atoms with Crippen molar-refractivity contribution in [2.45, 2.75) is 24.8 Å². The summed E-state index contributed by atoms with van der Waals surface area (Å²) in [5.74, 6) is 3.92. The molecule has 3 fully saturated rings. The molecule has 156 valence electrons. The lowest BCUT2D eigenvalue weighted by molar-refractivity contribution is -0.0120. The smallest absolute Gasteiger partial charge is 0.191 e. The number of rotatable bonds is 9. The minimum atomic E-state index is 0.235. The van der Waals surface area contributed by atoms with Crippen LogP contribution in [0.25, 0.3) is 0 Å². The first kappa shape index (κ1) is 21.2. The zero-order chi connectivity index (χ0) is 18.8. The van der Waals surface area contributed by atoms with Crippen LogP contribution < -0.4 is 10.6 Å². The third-order valence-electron chi connectivity index (χ3n) is 5.71. The summed E-state index contributed by atoms with van der Waals surface area (Å²) in [6.07, 6.45) is 3.36. The standard InChI is InChI=1S/C19H36N4O3S/c1-20-18(21-5-2-8-25-13-17-3-9-26-14-17)22-15-19(4-12-27-16-19)23-6-10-24-11-7-23/h17H,2-16H2,1H3,(H2,20,21,22). The lowest BCUT2D eigenvalue weighted by atomic mass is 9.95. The number of thioether (sulfide) groups is 1. The van der Waals surface area contributed by atoms with Gasteiger partial charge >= 0.3 is 0 Å². The Morgan fingerprint density at radius 1 is 1.26 bits per heavy atom. The van der Waals surface area contributed by atoms with Crippen LogP contribution in [-0.2, 0) is 14.2 Å². The number of morpholine rings is 1. The molecule has 0 amide bonds. The molecule has 3 saturated heterocycles. The van der Waals surface area contributed by atoms with Gasteiger partial charge in [0.25, 0.3) is 0 Å². The SMILES string of the molecule is CN=C(NCCCOCC1CCOC1)NCC1(N2CCOCC2)CCSC1. The summed E-state index contributed by atoms with van der Waals surface area (Å²) >= 11 is 2.06. The second-order valence-corrected chi connectivity index (χ2v) is 8.74. The van der Waals surface area contributed by atoms with Crippen LogP contribution in [0.15, 0.2) is 4.99 Å². The van der Waals surface area contributed by atoms with Gasteiger partial charge in [-0.1, -0.05) is 0 Å². The van der Waals surface area contributed by atoms with E-state index in [0.717, 1.165) is 84.6 Å². The molecule has 3 aliphatic rings. The largest absolute Gasteiger partial charge is 0.381 e. The van der Waals surface area contributed by atoms with Gasteiger partial charge in [0.2, 0.25) is 0 Å². The maximum atomic E-state index is 5.77. The van der Waals surface area contributed by atoms with Crippen LogP contribution >= 0.6 is 11.8 Å². The Labute approximate surface area is 168 Å². The number of nitrogens with zero attached hydrogens (tertiary/aromatic N) is 2. The van der Waals surface area contributed by atoms with Gasteiger partial charge in [-0.25, -0.2) is 0 Å². The van der Waals surface area contributed by atoms with Gasteiger partial charge < -0.3 is 24.8 Å². The fourth-order valence-corrected chi connectivity index (χ4v) is 5.43. The second kappa shape index (κ2) is 11.5. The van der Waals surface area contributed by atoms with Gasteiger partial charge in [-0.2, -0.15) is 11.8 Å². The zero-order valence-corrected chi connectivity index (χ0v) is 17.5. The Morgan fingerprint density at radius 2 is 2.15 bits per heavy atom. The Hall–Kier alpha value is -0.540. The molecule has 0 saturated carbocycles. The highest BCUT2D eigenvalue weighted by Gasteiger charge is 2.40. The van der Waals surface area contributed by atoms with E-state index < -0.39 is 0 Å². The minimum absolute atomic E-state index is 0.235. The van der Waals surface area contributed by atoms with E-state index in [1.165, 1.54) is 17.9 Å². The van der Waals surface area contributed by atoms with Crippen molar-refractivity contribution in [1.29, 1.82) is 0 Å². The summed E-state index contributed by atoms with van der Waals surface area (Å²) in [7, 11) is 1.84. The van der Waals surface area contributed by atoms with Crippen molar-refractivity contribution in [3.8, 4) is 0 Å². The summed E-state index contributed by atoms with van der Waals surface area (Å²) in [5, 5.41) is 7.00. The number of ether oxygens (including phenoxy) is 3. The average Bonchev–Trinajstić information content (AvgIpc) is 3.40. The number of guanidine groups is 1. The summed E-state index contributed by atoms with van der Waals surface area (Å²) in [5.41, 5.74) is 0.235. The zero-order valence-electron chi connectivity index (χ0n) is 16.7. The Kier molecular flexibility index (Phi) is 8.99. The van der Waals surface area contributed by atoms with Gasteiger partial charge in [-0.05, 0) is 25.0 Å². The molecule has 0 spiro atoms. The van der Waals surface area contributed by atoms with Crippen molar-refractivity contribution in [2.75, 3.05) is 84.4 Å². The van der Waals surface area contributed by atoms with Crippen LogP contribution in [0.4, 0.5) is 0 Å². The molecule has 0 aromatic heterocycles. The molecular formula is C19H36N4O3S. The Bertz CT molecular complexity index is 448. The molecule has 2 unspecified atom stereocenters. The lowest BCUT2D eigenvalue weighted by Crippen LogP contribution is -2.60. The van der Waals surface area contributed by atoms with Crippen LogP contribution in [-0.4, -0.2) is 101 Å². The van der Waals surface area contributed by atoms with E-state index in [0.29, 0.717) is 5.92 Å². The van der Waals surface area contributed by atoms with Crippen molar-refractivity contribution in [3.05, 3.63) is 0 Å². The maximum absolute atomic E-state index is 5.77. The van der Waals surface area contributed by atoms with Gasteiger partial charge in [-0.3, -0.25) is 9.89 Å². The summed E-state index contributed by atoms with van der Waals surface area (Å²) in [6, 6.07) is 0. The highest BCUT2D eigenvalue weighted by Crippen LogP contribution is 2.33. The van der Waals surface area contributed by atoms with Gasteiger partial charge in [0.15, 0.2) is 5.96 Å². The van der Waals surface area contributed by atoms with Gasteiger partial charge in [0.1, 0.15) is 0 Å². The molecule has 2 N–H and O–H groups in total. The third-order valence-corrected chi connectivity index (χ3v) is 6.94. The summed E-state index contributed by atoms with van der Waals surface area (Å²) in [4.78, 5) is 7.02. The molecule has 3 aliphatic heterocycles. The first-order chi connectivity index (χ1) is 13.3. The lowest BCUT2D eigenvalue weighted by Gasteiger charge is -2.43. The van der Waals surface area contributed by atoms with E-state index in [1.54, 1.807) is 0 Å². The first-order valence-corrected chi connectivity index (χ1v) is 11.5. The summed E-state index contributed by atoms with van der Waals surface area (Å²) in [6.45, 7) is 8.97. The molecule has 0 radical (unpaired) electrons. The Morgan fingerprint density at radius 3 is 2.85 bits per heavy atom. The molecular weight excluding hydrogens is 364 g/mol. The third kappa shape index (κ3) is 6.49. The van der Waals surface area contributed by atoms with Gasteiger partial charge in [0.05, 0.1) is 26.4 Å². The van der Waals surface area contributed by atoms with Crippen molar-refractivity contribution in [1.82, 2.24) is 15.5 Å². The van der Waals surface area contributed by atoms with E-state index >= 15 is 0 Å². The molecule has 8 heteroatoms. The monoisotopic (exact) mass is 400 g/mol. The molecule has 3 heterocycles. The minimum Gasteiger partial charge on any atom is -0.381 e. The predicted octanol–water partition coefficient (Wildman–Crippen LogP) is 0.803. The highest BCUT2D eigenvalue weighted by molar-refractivity contribution is 7.99. The van der Waals surface area contributed by atoms with E-state index in [9.17, 15) is 0 Å². The molecule has 0 aromatic rings. The second-order valence-electron chi connectivity index (χ2n) is 7.64. The van der Waals surface area contributed by atoms with Crippen LogP contribution in [0.5, 0.6) is 0 Å². The molecule has 0 aliphatic carbocycles. The average molecular weight is 401 g/mol. The first-order valence-electron chi connectivity index (χ1n) is 10.3. The summed E-state index contributed by atoms with van der Waals surface area (Å²) < 4.78 is 16.7. The molecule has 7 nitrogen and oxygen atoms in total. The predicted molar refractivity (Wildman–Crippen MR) is 111 cm³/mol. The number of aliphatic imine (C=N–C) groups is 1. The quantitative estimate of drug-likeness (QED) is 0.337. The molecule has 27 heavy (non-hydrogen) atoms. The molecule has 3 rings (SSSR count). The number of hydrogen-bond donors (Lipinski definition) is 2. The van der Waals surface area contributed by atoms with E-state index in [4.69, 9.17) is 14.2 Å². The number of hydrogen-bond acceptors (Lipinski definition) is 6. The fourth-order valence-electron chi connectivity index (χ4n) is 3.95. The van der Waals surface area contributed by atoms with Crippen LogP contribution in [0.3, 0.4) is 0 Å². The normalized spacial score (nSPS) is 30.0. The van der Waals surface area contributed by atoms with E-state index in [-0.39, 0.29) is 5.54 Å². The molecule has 2 atom stereocenters. The van der Waals surface area contributed by atoms with Gasteiger partial charge in [0, 0.05) is 63.7 Å². The molecule has 0 bridgehead atoms. The van der Waals surface area contributed by atoms with Crippen molar-refractivity contribution >= 4 is 17.7 Å². The molecule has 0 aromatic carbocycles. The van der Waals surface area contributed by atoms with E-state index in [2.05, 4.69) is 32.3 Å². The van der Waals surface area contributed by atoms with Crippen molar-refractivity contribution in [2.24, 2.45) is 10.9 Å². The Balaban J connectivity index is 1.32. The van der Waals surface area contributed by atoms with Crippen LogP contribution in [0.2, 0.25) is 0 Å².